The average molecular weight is 236 g/mol. The van der Waals surface area contributed by atoms with E-state index >= 15 is 0 Å². The molecule has 1 N–H and O–H groups in total. The van der Waals surface area contributed by atoms with E-state index in [1.807, 2.05) is 11.8 Å². The van der Waals surface area contributed by atoms with Crippen molar-refractivity contribution in [3.05, 3.63) is 24.3 Å². The number of nitrogens with zero attached hydrogens (tertiary/aromatic N) is 1. The van der Waals surface area contributed by atoms with Crippen LogP contribution in [-0.4, -0.2) is 31.4 Å². The van der Waals surface area contributed by atoms with Gasteiger partial charge < -0.3 is 10.2 Å². The zero-order valence-electron chi connectivity index (χ0n) is 10.2. The van der Waals surface area contributed by atoms with Gasteiger partial charge in [0.15, 0.2) is 0 Å². The Balaban J connectivity index is 2.00. The number of hydrogen-bond acceptors (Lipinski definition) is 3. The molecule has 1 saturated heterocycles. The summed E-state index contributed by atoms with van der Waals surface area (Å²) in [6.45, 7) is 6.67. The molecule has 0 aliphatic carbocycles. The molecule has 1 aromatic rings. The summed E-state index contributed by atoms with van der Waals surface area (Å²) >= 11 is 1.92. The summed E-state index contributed by atoms with van der Waals surface area (Å²) in [5, 5.41) is 3.96. The van der Waals surface area contributed by atoms with Gasteiger partial charge >= 0.3 is 0 Å². The number of nitrogens with one attached hydrogen (secondary N) is 1. The molecule has 1 aromatic carbocycles. The Morgan fingerprint density at radius 1 is 1.25 bits per heavy atom. The molecule has 0 atom stereocenters. The molecular formula is C13H20N2S. The van der Waals surface area contributed by atoms with Crippen LogP contribution in [0.2, 0.25) is 0 Å². The second-order valence-electron chi connectivity index (χ2n) is 4.58. The van der Waals surface area contributed by atoms with Crippen molar-refractivity contribution in [2.75, 3.05) is 25.0 Å². The molecule has 3 heteroatoms. The highest BCUT2D eigenvalue weighted by Crippen LogP contribution is 2.26. The van der Waals surface area contributed by atoms with E-state index < -0.39 is 0 Å². The van der Waals surface area contributed by atoms with Crippen molar-refractivity contribution < 1.29 is 0 Å². The Hall–Kier alpha value is -0.670. The van der Waals surface area contributed by atoms with Crippen LogP contribution >= 0.6 is 11.8 Å². The van der Waals surface area contributed by atoms with Gasteiger partial charge in [0.05, 0.1) is 6.04 Å². The van der Waals surface area contributed by atoms with E-state index in [0.29, 0.717) is 11.3 Å². The summed E-state index contributed by atoms with van der Waals surface area (Å²) in [6, 6.07) is 9.57. The number of benzene rings is 1. The monoisotopic (exact) mass is 236 g/mol. The van der Waals surface area contributed by atoms with E-state index in [-0.39, 0.29) is 0 Å². The Morgan fingerprint density at radius 3 is 2.31 bits per heavy atom. The molecule has 2 nitrogen and oxygen atoms in total. The van der Waals surface area contributed by atoms with Crippen LogP contribution in [0.5, 0.6) is 0 Å². The normalized spacial score (nSPS) is 16.2. The lowest BCUT2D eigenvalue weighted by molar-refractivity contribution is 0.429. The minimum absolute atomic E-state index is 0.652. The van der Waals surface area contributed by atoms with Crippen LogP contribution in [0.1, 0.15) is 13.8 Å². The summed E-state index contributed by atoms with van der Waals surface area (Å²) < 4.78 is 0. The first-order valence-corrected chi connectivity index (χ1v) is 6.75. The Bertz CT molecular complexity index is 330. The number of rotatable bonds is 4. The maximum absolute atomic E-state index is 3.30. The molecule has 16 heavy (non-hydrogen) atoms. The molecule has 0 amide bonds. The van der Waals surface area contributed by atoms with E-state index in [0.717, 1.165) is 13.1 Å². The van der Waals surface area contributed by atoms with Crippen molar-refractivity contribution in [1.29, 1.82) is 0 Å². The van der Waals surface area contributed by atoms with Crippen molar-refractivity contribution in [3.63, 3.8) is 0 Å². The first-order chi connectivity index (χ1) is 7.66. The fraction of sp³-hybridized carbons (Fsp3) is 0.538. The highest BCUT2D eigenvalue weighted by atomic mass is 32.2. The zero-order valence-corrected chi connectivity index (χ0v) is 11.1. The van der Waals surface area contributed by atoms with Crippen LogP contribution in [0.25, 0.3) is 0 Å². The van der Waals surface area contributed by atoms with E-state index in [9.17, 15) is 0 Å². The van der Waals surface area contributed by atoms with Gasteiger partial charge in [0.2, 0.25) is 0 Å². The molecule has 0 spiro atoms. The maximum atomic E-state index is 3.30. The van der Waals surface area contributed by atoms with Crippen LogP contribution < -0.4 is 10.2 Å². The quantitative estimate of drug-likeness (QED) is 0.809. The molecule has 1 aliphatic heterocycles. The van der Waals surface area contributed by atoms with Crippen LogP contribution in [0.3, 0.4) is 0 Å². The largest absolute Gasteiger partial charge is 0.369 e. The molecule has 88 valence electrons. The summed E-state index contributed by atoms with van der Waals surface area (Å²) in [5.41, 5.74) is 1.32. The third kappa shape index (κ3) is 2.71. The first-order valence-electron chi connectivity index (χ1n) is 5.87. The van der Waals surface area contributed by atoms with Gasteiger partial charge in [-0.15, -0.1) is 11.8 Å². The third-order valence-electron chi connectivity index (χ3n) is 2.92. The topological polar surface area (TPSA) is 15.3 Å². The molecule has 1 aliphatic rings. The van der Waals surface area contributed by atoms with Crippen molar-refractivity contribution in [3.8, 4) is 0 Å². The van der Waals surface area contributed by atoms with Crippen molar-refractivity contribution >= 4 is 17.4 Å². The van der Waals surface area contributed by atoms with Crippen LogP contribution in [-0.2, 0) is 0 Å². The van der Waals surface area contributed by atoms with Crippen molar-refractivity contribution in [2.24, 2.45) is 0 Å². The molecule has 2 rings (SSSR count). The van der Waals surface area contributed by atoms with Crippen LogP contribution in [0.4, 0.5) is 5.69 Å². The predicted octanol–water partition coefficient (Wildman–Crippen LogP) is 2.60. The summed E-state index contributed by atoms with van der Waals surface area (Å²) in [7, 11) is 2.18. The van der Waals surface area contributed by atoms with E-state index in [2.05, 4.69) is 55.4 Å². The SMILES string of the molecule is CC(C)Sc1ccc(N(C)C2CNC2)cc1. The second-order valence-corrected chi connectivity index (χ2v) is 6.23. The highest BCUT2D eigenvalue weighted by molar-refractivity contribution is 7.99. The second kappa shape index (κ2) is 5.11. The highest BCUT2D eigenvalue weighted by Gasteiger charge is 2.21. The molecular weight excluding hydrogens is 216 g/mol. The zero-order chi connectivity index (χ0) is 11.5. The number of hydrogen-bond donors (Lipinski definition) is 1. The predicted molar refractivity (Wildman–Crippen MR) is 72.5 cm³/mol. The van der Waals surface area contributed by atoms with Gasteiger partial charge in [-0.2, -0.15) is 0 Å². The Morgan fingerprint density at radius 2 is 1.88 bits per heavy atom. The first kappa shape index (κ1) is 11.8. The van der Waals surface area contributed by atoms with Gasteiger partial charge in [-0.1, -0.05) is 13.8 Å². The standard InChI is InChI=1S/C13H20N2S/c1-10(2)16-13-6-4-11(5-7-13)15(3)12-8-14-9-12/h4-7,10,12,14H,8-9H2,1-3H3. The van der Waals surface area contributed by atoms with Gasteiger partial charge in [-0.25, -0.2) is 0 Å². The molecule has 1 fully saturated rings. The van der Waals surface area contributed by atoms with Gasteiger partial charge in [0, 0.05) is 36.0 Å². The molecule has 0 bridgehead atoms. The summed E-state index contributed by atoms with van der Waals surface area (Å²) in [6.07, 6.45) is 0. The van der Waals surface area contributed by atoms with Gasteiger partial charge in [0.1, 0.15) is 0 Å². The van der Waals surface area contributed by atoms with Crippen molar-refractivity contribution in [1.82, 2.24) is 5.32 Å². The Labute approximate surface area is 102 Å². The molecule has 0 aromatic heterocycles. The van der Waals surface area contributed by atoms with Crippen LogP contribution in [0.15, 0.2) is 29.2 Å². The third-order valence-corrected chi connectivity index (χ3v) is 3.94. The lowest BCUT2D eigenvalue weighted by Crippen LogP contribution is -2.56. The lowest BCUT2D eigenvalue weighted by Gasteiger charge is -2.37. The van der Waals surface area contributed by atoms with Gasteiger partial charge in [0.25, 0.3) is 0 Å². The maximum Gasteiger partial charge on any atom is 0.0535 e. The van der Waals surface area contributed by atoms with E-state index in [4.69, 9.17) is 0 Å². The molecule has 0 unspecified atom stereocenters. The summed E-state index contributed by atoms with van der Waals surface area (Å²) in [4.78, 5) is 3.72. The van der Waals surface area contributed by atoms with Crippen molar-refractivity contribution in [2.45, 2.75) is 30.0 Å². The molecule has 0 radical (unpaired) electrons. The summed E-state index contributed by atoms with van der Waals surface area (Å²) in [5.74, 6) is 0. The number of likely N-dealkylation sites (N-methyl/N-ethyl adjacent to an activating group) is 1. The van der Waals surface area contributed by atoms with E-state index in [1.54, 1.807) is 0 Å². The van der Waals surface area contributed by atoms with Gasteiger partial charge in [-0.05, 0) is 24.3 Å². The number of anilines is 1. The van der Waals surface area contributed by atoms with E-state index in [1.165, 1.54) is 10.6 Å². The smallest absolute Gasteiger partial charge is 0.0535 e. The minimum atomic E-state index is 0.652. The average Bonchev–Trinajstić information content (AvgIpc) is 2.15. The number of thioether (sulfide) groups is 1. The van der Waals surface area contributed by atoms with Gasteiger partial charge in [-0.3, -0.25) is 0 Å². The molecule has 0 saturated carbocycles. The lowest BCUT2D eigenvalue weighted by atomic mass is 10.1. The fourth-order valence-corrected chi connectivity index (χ4v) is 2.63. The molecule has 1 heterocycles. The minimum Gasteiger partial charge on any atom is -0.369 e. The Kier molecular flexibility index (Phi) is 3.77. The van der Waals surface area contributed by atoms with Crippen LogP contribution in [0, 0.1) is 0 Å². The fourth-order valence-electron chi connectivity index (χ4n) is 1.79.